The SMILES string of the molecule is CC(C)C(=O)OCOn1on1N1CCC1C(=O)O. The Labute approximate surface area is 102 Å². The molecule has 0 spiro atoms. The van der Waals surface area contributed by atoms with Crippen LogP contribution in [0.2, 0.25) is 0 Å². The van der Waals surface area contributed by atoms with E-state index >= 15 is 0 Å². The van der Waals surface area contributed by atoms with E-state index in [-0.39, 0.29) is 18.7 Å². The first-order chi connectivity index (χ1) is 8.50. The molecule has 1 aromatic rings. The zero-order chi connectivity index (χ0) is 13.3. The highest BCUT2D eigenvalue weighted by molar-refractivity contribution is 5.77. The summed E-state index contributed by atoms with van der Waals surface area (Å²) in [7, 11) is 0. The van der Waals surface area contributed by atoms with Gasteiger partial charge in [0.05, 0.1) is 10.9 Å². The molecular weight excluding hydrogens is 246 g/mol. The fraction of sp³-hybridized carbons (Fsp3) is 0.778. The smallest absolute Gasteiger partial charge is 0.328 e. The maximum Gasteiger partial charge on any atom is 0.328 e. The maximum atomic E-state index is 11.1. The van der Waals surface area contributed by atoms with Gasteiger partial charge in [0.1, 0.15) is 11.1 Å². The number of carbonyl (C=O) groups is 2. The van der Waals surface area contributed by atoms with Crippen LogP contribution in [0.25, 0.3) is 0 Å². The maximum absolute atomic E-state index is 11.1. The summed E-state index contributed by atoms with van der Waals surface area (Å²) in [5.74, 6) is -1.52. The zero-order valence-corrected chi connectivity index (χ0v) is 10.1. The Bertz CT molecular complexity index is 431. The molecule has 1 aromatic heterocycles. The van der Waals surface area contributed by atoms with E-state index in [1.807, 2.05) is 0 Å². The van der Waals surface area contributed by atoms with Crippen molar-refractivity contribution in [1.82, 2.24) is 9.98 Å². The summed E-state index contributed by atoms with van der Waals surface area (Å²) < 4.78 is 9.62. The van der Waals surface area contributed by atoms with E-state index in [0.29, 0.717) is 13.0 Å². The third kappa shape index (κ3) is 2.44. The van der Waals surface area contributed by atoms with Crippen LogP contribution in [0.1, 0.15) is 20.3 Å². The van der Waals surface area contributed by atoms with Crippen LogP contribution in [0.15, 0.2) is 4.63 Å². The van der Waals surface area contributed by atoms with Crippen LogP contribution in [-0.4, -0.2) is 46.4 Å². The number of carboxylic acid groups (broad SMARTS) is 1. The Balaban J connectivity index is 1.72. The second-order valence-corrected chi connectivity index (χ2v) is 4.24. The molecule has 18 heavy (non-hydrogen) atoms. The number of rotatable bonds is 6. The number of aromatic nitrogens is 2. The first-order valence-electron chi connectivity index (χ1n) is 5.58. The second-order valence-electron chi connectivity index (χ2n) is 4.24. The van der Waals surface area contributed by atoms with Gasteiger partial charge in [0.25, 0.3) is 6.79 Å². The van der Waals surface area contributed by atoms with Gasteiger partial charge >= 0.3 is 11.9 Å². The van der Waals surface area contributed by atoms with Gasteiger partial charge in [0.15, 0.2) is 0 Å². The summed E-state index contributed by atoms with van der Waals surface area (Å²) in [6.45, 7) is 3.71. The van der Waals surface area contributed by atoms with E-state index < -0.39 is 12.0 Å². The number of hydrogen-bond acceptors (Lipinski definition) is 6. The van der Waals surface area contributed by atoms with Crippen LogP contribution in [0.4, 0.5) is 0 Å². The summed E-state index contributed by atoms with van der Waals surface area (Å²) >= 11 is 0. The molecule has 9 nitrogen and oxygen atoms in total. The molecule has 1 atom stereocenters. The topological polar surface area (TPSA) is 99.1 Å². The molecule has 0 saturated carbocycles. The lowest BCUT2D eigenvalue weighted by Crippen LogP contribution is -2.57. The van der Waals surface area contributed by atoms with E-state index in [4.69, 9.17) is 19.3 Å². The molecule has 1 fully saturated rings. The van der Waals surface area contributed by atoms with Crippen molar-refractivity contribution >= 4 is 11.9 Å². The van der Waals surface area contributed by atoms with Crippen LogP contribution in [0.3, 0.4) is 0 Å². The highest BCUT2D eigenvalue weighted by atomic mass is 17.0. The predicted molar refractivity (Wildman–Crippen MR) is 56.2 cm³/mol. The standard InChI is InChI=1S/C9H15N3O6/c1-6(2)9(15)16-5-17-12-11(18-12)10-4-3-7(10)8(13)14/h6-7H,3-5H2,1-2H3,(H,13,14). The number of nitrogens with zero attached hydrogens (tertiary/aromatic N) is 3. The van der Waals surface area contributed by atoms with Crippen molar-refractivity contribution in [3.8, 4) is 0 Å². The third-order valence-corrected chi connectivity index (χ3v) is 2.59. The normalized spacial score (nSPS) is 18.8. The predicted octanol–water partition coefficient (Wildman–Crippen LogP) is -0.737. The van der Waals surface area contributed by atoms with Crippen molar-refractivity contribution in [1.29, 1.82) is 0 Å². The number of carboxylic acids is 1. The first kappa shape index (κ1) is 12.4. The molecule has 1 aliphatic rings. The summed E-state index contributed by atoms with van der Waals surface area (Å²) in [6.07, 6.45) is 0.561. The van der Waals surface area contributed by atoms with E-state index in [9.17, 15) is 9.59 Å². The van der Waals surface area contributed by atoms with Gasteiger partial charge in [-0.15, -0.1) is 0 Å². The van der Waals surface area contributed by atoms with E-state index in [1.54, 1.807) is 13.8 Å². The van der Waals surface area contributed by atoms with Gasteiger partial charge in [-0.25, -0.2) is 9.80 Å². The van der Waals surface area contributed by atoms with Gasteiger partial charge < -0.3 is 14.7 Å². The Morgan fingerprint density at radius 1 is 1.50 bits per heavy atom. The minimum Gasteiger partial charge on any atom is -0.480 e. The van der Waals surface area contributed by atoms with Crippen molar-refractivity contribution < 1.29 is 28.9 Å². The van der Waals surface area contributed by atoms with Gasteiger partial charge in [-0.05, 0) is 6.42 Å². The molecule has 0 radical (unpaired) electrons. The largest absolute Gasteiger partial charge is 0.480 e. The molecule has 2 rings (SSSR count). The molecule has 0 aromatic carbocycles. The summed E-state index contributed by atoms with van der Waals surface area (Å²) in [5.41, 5.74) is 0. The number of carbonyl (C=O) groups excluding carboxylic acids is 1. The van der Waals surface area contributed by atoms with E-state index in [0.717, 1.165) is 5.02 Å². The monoisotopic (exact) mass is 261 g/mol. The summed E-state index contributed by atoms with van der Waals surface area (Å²) in [5, 5.41) is 11.3. The number of ether oxygens (including phenoxy) is 1. The lowest BCUT2D eigenvalue weighted by atomic mass is 10.1. The second kappa shape index (κ2) is 4.67. The van der Waals surface area contributed by atoms with Gasteiger partial charge in [0.2, 0.25) is 0 Å². The van der Waals surface area contributed by atoms with Gasteiger partial charge in [-0.3, -0.25) is 4.79 Å². The minimum absolute atomic E-state index is 0.230. The third-order valence-electron chi connectivity index (χ3n) is 2.59. The van der Waals surface area contributed by atoms with Crippen molar-refractivity contribution in [3.05, 3.63) is 0 Å². The molecular formula is C9H15N3O6. The fourth-order valence-corrected chi connectivity index (χ4v) is 1.39. The van der Waals surface area contributed by atoms with Crippen LogP contribution >= 0.6 is 0 Å². The quantitative estimate of drug-likeness (QED) is 0.532. The molecule has 9 heteroatoms. The molecule has 1 unspecified atom stereocenters. The average Bonchev–Trinajstić information content (AvgIpc) is 2.94. The lowest BCUT2D eigenvalue weighted by Gasteiger charge is -2.33. The number of hydrogen-bond donors (Lipinski definition) is 1. The molecule has 0 bridgehead atoms. The van der Waals surface area contributed by atoms with Crippen LogP contribution in [0.5, 0.6) is 0 Å². The Morgan fingerprint density at radius 2 is 2.22 bits per heavy atom. The Hall–Kier alpha value is -2.06. The van der Waals surface area contributed by atoms with Crippen molar-refractivity contribution in [2.24, 2.45) is 5.92 Å². The molecule has 2 heterocycles. The van der Waals surface area contributed by atoms with Crippen LogP contribution < -0.4 is 9.85 Å². The Morgan fingerprint density at radius 3 is 2.72 bits per heavy atom. The van der Waals surface area contributed by atoms with Crippen molar-refractivity contribution in [2.75, 3.05) is 18.3 Å². The van der Waals surface area contributed by atoms with Crippen LogP contribution in [0, 0.1) is 5.92 Å². The zero-order valence-electron chi connectivity index (χ0n) is 10.1. The van der Waals surface area contributed by atoms with Gasteiger partial charge in [-0.2, -0.15) is 4.63 Å². The van der Waals surface area contributed by atoms with Crippen molar-refractivity contribution in [3.63, 3.8) is 0 Å². The molecule has 1 aliphatic heterocycles. The first-order valence-corrected chi connectivity index (χ1v) is 5.58. The van der Waals surface area contributed by atoms with Gasteiger partial charge in [0, 0.05) is 6.54 Å². The average molecular weight is 261 g/mol. The molecule has 0 amide bonds. The fourth-order valence-electron chi connectivity index (χ4n) is 1.39. The molecule has 1 N–H and O–H groups in total. The Kier molecular flexibility index (Phi) is 3.21. The minimum atomic E-state index is -0.914. The molecule has 0 aliphatic carbocycles. The summed E-state index contributed by atoms with van der Waals surface area (Å²) in [4.78, 5) is 28.0. The van der Waals surface area contributed by atoms with Crippen LogP contribution in [-0.2, 0) is 14.3 Å². The lowest BCUT2D eigenvalue weighted by molar-refractivity contribution is -0.163. The van der Waals surface area contributed by atoms with E-state index in [2.05, 4.69) is 0 Å². The summed E-state index contributed by atoms with van der Waals surface area (Å²) in [6, 6.07) is -0.600. The highest BCUT2D eigenvalue weighted by Gasteiger charge is 2.40. The van der Waals surface area contributed by atoms with Gasteiger partial charge in [-0.1, -0.05) is 13.8 Å². The molecule has 1 saturated heterocycles. The number of aliphatic carboxylic acids is 1. The highest BCUT2D eigenvalue weighted by Crippen LogP contribution is 2.17. The van der Waals surface area contributed by atoms with E-state index in [1.165, 1.54) is 9.97 Å². The number of esters is 1. The van der Waals surface area contributed by atoms with Crippen molar-refractivity contribution in [2.45, 2.75) is 26.3 Å². The molecule has 102 valence electrons.